The second kappa shape index (κ2) is 5.04. The van der Waals surface area contributed by atoms with Crippen LogP contribution < -0.4 is 16.6 Å². The van der Waals surface area contributed by atoms with Gasteiger partial charge in [0.25, 0.3) is 5.56 Å². The molecule has 1 aromatic carbocycles. The molecule has 3 aromatic rings. The van der Waals surface area contributed by atoms with Crippen molar-refractivity contribution in [3.63, 3.8) is 0 Å². The van der Waals surface area contributed by atoms with Gasteiger partial charge >= 0.3 is 5.69 Å². The Morgan fingerprint density at radius 2 is 2.10 bits per heavy atom. The molecule has 9 heteroatoms. The van der Waals surface area contributed by atoms with E-state index in [0.29, 0.717) is 10.9 Å². The third-order valence-electron chi connectivity index (χ3n) is 2.86. The van der Waals surface area contributed by atoms with Crippen LogP contribution in [0, 0.1) is 0 Å². The van der Waals surface area contributed by atoms with Crippen LogP contribution in [-0.2, 0) is 11.3 Å². The van der Waals surface area contributed by atoms with Crippen LogP contribution in [0.25, 0.3) is 10.9 Å². The predicted octanol–water partition coefficient (Wildman–Crippen LogP) is -0.553. The Hall–Kier alpha value is -3.23. The number of nitrogens with zero attached hydrogens (tertiary/aromatic N) is 3. The van der Waals surface area contributed by atoms with Crippen molar-refractivity contribution in [3.8, 4) is 0 Å². The Kier molecular flexibility index (Phi) is 3.07. The number of rotatable bonds is 3. The first-order valence-corrected chi connectivity index (χ1v) is 6.02. The van der Waals surface area contributed by atoms with Crippen molar-refractivity contribution in [3.05, 3.63) is 51.4 Å². The number of aromatic nitrogens is 5. The number of carbonyl (C=O) groups is 1. The standard InChI is InChI=1S/C12H10N6O3/c19-9(16-11-13-6-14-17-11)5-18-10(20)7-3-1-2-4-8(7)15-12(18)21/h1-4,6H,5H2,(H,15,21)(H2,13,14,16,17,19). The first-order chi connectivity index (χ1) is 10.1. The number of hydrogen-bond acceptors (Lipinski definition) is 5. The SMILES string of the molecule is O=C(Cn1c(=O)[nH]c2ccccc2c1=O)Nc1ncn[nH]1. The number of benzene rings is 1. The Morgan fingerprint density at radius 1 is 1.29 bits per heavy atom. The van der Waals surface area contributed by atoms with Crippen LogP contribution in [0.3, 0.4) is 0 Å². The van der Waals surface area contributed by atoms with E-state index in [2.05, 4.69) is 25.5 Å². The molecule has 2 heterocycles. The molecule has 9 nitrogen and oxygen atoms in total. The summed E-state index contributed by atoms with van der Waals surface area (Å²) in [4.78, 5) is 42.2. The molecule has 0 saturated heterocycles. The van der Waals surface area contributed by atoms with Crippen LogP contribution in [0.2, 0.25) is 0 Å². The summed E-state index contributed by atoms with van der Waals surface area (Å²) in [5.41, 5.74) is -0.743. The molecule has 1 amide bonds. The molecule has 0 atom stereocenters. The van der Waals surface area contributed by atoms with Crippen LogP contribution in [0.1, 0.15) is 0 Å². The van der Waals surface area contributed by atoms with E-state index in [4.69, 9.17) is 0 Å². The third-order valence-corrected chi connectivity index (χ3v) is 2.86. The quantitative estimate of drug-likeness (QED) is 0.595. The molecule has 0 saturated carbocycles. The van der Waals surface area contributed by atoms with Gasteiger partial charge in [-0.3, -0.25) is 19.5 Å². The van der Waals surface area contributed by atoms with Crippen molar-refractivity contribution < 1.29 is 4.79 Å². The van der Waals surface area contributed by atoms with E-state index in [1.165, 1.54) is 6.33 Å². The topological polar surface area (TPSA) is 126 Å². The lowest BCUT2D eigenvalue weighted by Crippen LogP contribution is -2.38. The summed E-state index contributed by atoms with van der Waals surface area (Å²) in [6, 6.07) is 6.59. The third kappa shape index (κ3) is 2.43. The maximum atomic E-state index is 12.2. The maximum absolute atomic E-state index is 12.2. The lowest BCUT2D eigenvalue weighted by atomic mass is 10.2. The van der Waals surface area contributed by atoms with Gasteiger partial charge in [0.2, 0.25) is 11.9 Å². The average Bonchev–Trinajstić information content (AvgIpc) is 2.96. The number of amides is 1. The highest BCUT2D eigenvalue weighted by Gasteiger charge is 2.11. The van der Waals surface area contributed by atoms with E-state index < -0.39 is 23.7 Å². The smallest absolute Gasteiger partial charge is 0.307 e. The first kappa shape index (κ1) is 12.8. The minimum absolute atomic E-state index is 0.144. The predicted molar refractivity (Wildman–Crippen MR) is 73.8 cm³/mol. The van der Waals surface area contributed by atoms with E-state index in [1.54, 1.807) is 24.3 Å². The molecular formula is C12H10N6O3. The highest BCUT2D eigenvalue weighted by atomic mass is 16.2. The Balaban J connectivity index is 1.95. The van der Waals surface area contributed by atoms with Gasteiger partial charge in [-0.15, -0.1) is 0 Å². The van der Waals surface area contributed by atoms with Crippen LogP contribution in [0.5, 0.6) is 0 Å². The van der Waals surface area contributed by atoms with Crippen LogP contribution >= 0.6 is 0 Å². The van der Waals surface area contributed by atoms with Crippen LogP contribution in [0.15, 0.2) is 40.2 Å². The van der Waals surface area contributed by atoms with E-state index in [0.717, 1.165) is 4.57 Å². The van der Waals surface area contributed by atoms with Crippen LogP contribution in [-0.4, -0.2) is 30.6 Å². The zero-order valence-electron chi connectivity index (χ0n) is 10.7. The van der Waals surface area contributed by atoms with Gasteiger partial charge in [0.15, 0.2) is 0 Å². The fourth-order valence-corrected chi connectivity index (χ4v) is 1.92. The Bertz CT molecular complexity index is 909. The minimum Gasteiger partial charge on any atom is -0.307 e. The van der Waals surface area contributed by atoms with Gasteiger partial charge in [-0.25, -0.2) is 9.89 Å². The number of H-pyrrole nitrogens is 2. The van der Waals surface area contributed by atoms with Crippen LogP contribution in [0.4, 0.5) is 5.95 Å². The molecule has 0 radical (unpaired) electrons. The maximum Gasteiger partial charge on any atom is 0.329 e. The summed E-state index contributed by atoms with van der Waals surface area (Å²) in [6.07, 6.45) is 1.23. The summed E-state index contributed by atoms with van der Waals surface area (Å²) in [6.45, 7) is -0.417. The molecule has 0 aliphatic carbocycles. The lowest BCUT2D eigenvalue weighted by molar-refractivity contribution is -0.116. The normalized spacial score (nSPS) is 10.7. The molecule has 0 aliphatic rings. The molecule has 0 spiro atoms. The molecule has 3 N–H and O–H groups in total. The first-order valence-electron chi connectivity index (χ1n) is 6.02. The molecule has 0 bridgehead atoms. The fourth-order valence-electron chi connectivity index (χ4n) is 1.92. The van der Waals surface area contributed by atoms with Gasteiger partial charge < -0.3 is 4.98 Å². The van der Waals surface area contributed by atoms with Gasteiger partial charge in [0.05, 0.1) is 10.9 Å². The van der Waals surface area contributed by atoms with Crippen molar-refractivity contribution in [1.29, 1.82) is 0 Å². The summed E-state index contributed by atoms with van der Waals surface area (Å²) in [5, 5.41) is 8.75. The number of fused-ring (bicyclic) bond motifs is 1. The van der Waals surface area contributed by atoms with Gasteiger partial charge in [0, 0.05) is 0 Å². The largest absolute Gasteiger partial charge is 0.329 e. The second-order valence-corrected chi connectivity index (χ2v) is 4.25. The summed E-state index contributed by atoms with van der Waals surface area (Å²) in [5.74, 6) is -0.417. The number of hydrogen-bond donors (Lipinski definition) is 3. The molecule has 0 aliphatic heterocycles. The number of nitrogens with one attached hydrogen (secondary N) is 3. The van der Waals surface area contributed by atoms with Crippen molar-refractivity contribution in [1.82, 2.24) is 24.7 Å². The Morgan fingerprint density at radius 3 is 2.86 bits per heavy atom. The number of para-hydroxylation sites is 1. The van der Waals surface area contributed by atoms with Gasteiger partial charge in [-0.1, -0.05) is 12.1 Å². The van der Waals surface area contributed by atoms with Gasteiger partial charge in [-0.2, -0.15) is 10.1 Å². The molecule has 2 aromatic heterocycles. The highest BCUT2D eigenvalue weighted by Crippen LogP contribution is 2.03. The summed E-state index contributed by atoms with van der Waals surface area (Å²) >= 11 is 0. The second-order valence-electron chi connectivity index (χ2n) is 4.25. The van der Waals surface area contributed by atoms with E-state index >= 15 is 0 Å². The molecule has 0 unspecified atom stereocenters. The minimum atomic E-state index is -0.647. The number of anilines is 1. The van der Waals surface area contributed by atoms with Gasteiger partial charge in [-0.05, 0) is 12.1 Å². The molecular weight excluding hydrogens is 276 g/mol. The monoisotopic (exact) mass is 286 g/mol. The van der Waals surface area contributed by atoms with E-state index in [1.807, 2.05) is 0 Å². The van der Waals surface area contributed by atoms with Crippen molar-refractivity contribution in [2.24, 2.45) is 0 Å². The highest BCUT2D eigenvalue weighted by molar-refractivity contribution is 5.88. The van der Waals surface area contributed by atoms with Crippen molar-refractivity contribution in [2.75, 3.05) is 5.32 Å². The lowest BCUT2D eigenvalue weighted by Gasteiger charge is -2.05. The molecule has 106 valence electrons. The zero-order chi connectivity index (χ0) is 14.8. The average molecular weight is 286 g/mol. The fraction of sp³-hybridized carbons (Fsp3) is 0.0833. The Labute approximate surface area is 116 Å². The molecule has 0 fully saturated rings. The van der Waals surface area contributed by atoms with E-state index in [-0.39, 0.29) is 5.95 Å². The summed E-state index contributed by atoms with van der Waals surface area (Å²) < 4.78 is 0.827. The molecule has 21 heavy (non-hydrogen) atoms. The van der Waals surface area contributed by atoms with E-state index in [9.17, 15) is 14.4 Å². The number of carbonyl (C=O) groups excluding carboxylic acids is 1. The zero-order valence-corrected chi connectivity index (χ0v) is 10.7. The van der Waals surface area contributed by atoms with Crippen molar-refractivity contribution >= 4 is 22.8 Å². The van der Waals surface area contributed by atoms with Crippen molar-refractivity contribution in [2.45, 2.75) is 6.54 Å². The summed E-state index contributed by atoms with van der Waals surface area (Å²) in [7, 11) is 0. The van der Waals surface area contributed by atoms with Gasteiger partial charge in [0.1, 0.15) is 12.9 Å². The molecule has 3 rings (SSSR count). The number of aromatic amines is 2.